The van der Waals surface area contributed by atoms with Crippen molar-refractivity contribution in [1.29, 1.82) is 0 Å². The van der Waals surface area contributed by atoms with Crippen LogP contribution in [0, 0.1) is 0 Å². The van der Waals surface area contributed by atoms with Gasteiger partial charge in [-0.1, -0.05) is 31.2 Å². The first-order chi connectivity index (χ1) is 8.92. The smallest absolute Gasteiger partial charge is 0.0723 e. The van der Waals surface area contributed by atoms with Crippen LogP contribution in [0.25, 0.3) is 0 Å². The van der Waals surface area contributed by atoms with Crippen LogP contribution < -0.4 is 5.32 Å². The maximum atomic E-state index is 5.84. The van der Waals surface area contributed by atoms with Crippen molar-refractivity contribution in [2.45, 2.75) is 65.7 Å². The van der Waals surface area contributed by atoms with E-state index in [2.05, 4.69) is 64.2 Å². The van der Waals surface area contributed by atoms with Gasteiger partial charge in [0.25, 0.3) is 0 Å². The van der Waals surface area contributed by atoms with Crippen LogP contribution in [-0.4, -0.2) is 18.2 Å². The zero-order valence-electron chi connectivity index (χ0n) is 13.1. The van der Waals surface area contributed by atoms with Crippen molar-refractivity contribution in [3.8, 4) is 0 Å². The van der Waals surface area contributed by atoms with E-state index in [1.807, 2.05) is 0 Å². The molecule has 0 radical (unpaired) electrons. The van der Waals surface area contributed by atoms with E-state index in [-0.39, 0.29) is 5.54 Å². The van der Waals surface area contributed by atoms with Crippen molar-refractivity contribution in [1.82, 2.24) is 5.32 Å². The number of hydrogen-bond donors (Lipinski definition) is 1. The number of benzene rings is 1. The van der Waals surface area contributed by atoms with E-state index in [9.17, 15) is 0 Å². The molecular formula is C17H29NO. The van der Waals surface area contributed by atoms with E-state index in [1.165, 1.54) is 11.1 Å². The first kappa shape index (κ1) is 16.2. The van der Waals surface area contributed by atoms with Gasteiger partial charge in [-0.05, 0) is 58.2 Å². The summed E-state index contributed by atoms with van der Waals surface area (Å²) in [6.07, 6.45) is 2.45. The molecule has 0 spiro atoms. The fourth-order valence-corrected chi connectivity index (χ4v) is 1.86. The van der Waals surface area contributed by atoms with Gasteiger partial charge in [0.2, 0.25) is 0 Å². The molecule has 1 atom stereocenters. The minimum absolute atomic E-state index is 0.183. The molecule has 2 heteroatoms. The molecule has 1 aromatic rings. The third-order valence-corrected chi connectivity index (χ3v) is 3.27. The zero-order chi connectivity index (χ0) is 14.3. The second-order valence-electron chi connectivity index (χ2n) is 6.23. The average molecular weight is 263 g/mol. The summed E-state index contributed by atoms with van der Waals surface area (Å²) in [5.74, 6) is 0. The highest BCUT2D eigenvalue weighted by Gasteiger charge is 2.09. The van der Waals surface area contributed by atoms with Crippen LogP contribution in [0.2, 0.25) is 0 Å². The molecule has 0 saturated heterocycles. The Morgan fingerprint density at radius 2 is 1.79 bits per heavy atom. The number of nitrogens with one attached hydrogen (secondary N) is 1. The standard InChI is InChI=1S/C17H29NO/c1-6-14(2)19-13-16-10-8-7-9-15(16)11-12-18-17(3,4)5/h7-10,14,18H,6,11-13H2,1-5H3. The van der Waals surface area contributed by atoms with E-state index in [0.29, 0.717) is 6.10 Å². The molecule has 19 heavy (non-hydrogen) atoms. The van der Waals surface area contributed by atoms with Crippen LogP contribution in [0.15, 0.2) is 24.3 Å². The van der Waals surface area contributed by atoms with Crippen LogP contribution >= 0.6 is 0 Å². The zero-order valence-corrected chi connectivity index (χ0v) is 13.1. The summed E-state index contributed by atoms with van der Waals surface area (Å²) in [7, 11) is 0. The lowest BCUT2D eigenvalue weighted by Gasteiger charge is -2.21. The number of hydrogen-bond acceptors (Lipinski definition) is 2. The topological polar surface area (TPSA) is 21.3 Å². The molecule has 0 bridgehead atoms. The Balaban J connectivity index is 2.53. The van der Waals surface area contributed by atoms with Crippen LogP contribution in [0.1, 0.15) is 52.2 Å². The number of rotatable bonds is 7. The van der Waals surface area contributed by atoms with Gasteiger partial charge in [-0.25, -0.2) is 0 Å². The second-order valence-corrected chi connectivity index (χ2v) is 6.23. The summed E-state index contributed by atoms with van der Waals surface area (Å²) >= 11 is 0. The average Bonchev–Trinajstić information content (AvgIpc) is 2.35. The Labute approximate surface area is 118 Å². The molecule has 1 aromatic carbocycles. The number of ether oxygens (including phenoxy) is 1. The van der Waals surface area contributed by atoms with Crippen LogP contribution in [0.4, 0.5) is 0 Å². The maximum absolute atomic E-state index is 5.84. The molecule has 0 aliphatic heterocycles. The van der Waals surface area contributed by atoms with Gasteiger partial charge in [-0.3, -0.25) is 0 Å². The van der Waals surface area contributed by atoms with Crippen molar-refractivity contribution in [2.75, 3.05) is 6.54 Å². The van der Waals surface area contributed by atoms with Crippen molar-refractivity contribution in [3.05, 3.63) is 35.4 Å². The van der Waals surface area contributed by atoms with Gasteiger partial charge in [-0.15, -0.1) is 0 Å². The van der Waals surface area contributed by atoms with Gasteiger partial charge < -0.3 is 10.1 Å². The summed E-state index contributed by atoms with van der Waals surface area (Å²) in [6, 6.07) is 8.59. The monoisotopic (exact) mass is 263 g/mol. The maximum Gasteiger partial charge on any atom is 0.0723 e. The van der Waals surface area contributed by atoms with Gasteiger partial charge in [-0.2, -0.15) is 0 Å². The Hall–Kier alpha value is -0.860. The summed E-state index contributed by atoms with van der Waals surface area (Å²) in [5.41, 5.74) is 2.89. The van der Waals surface area contributed by atoms with E-state index >= 15 is 0 Å². The Bertz CT molecular complexity index is 368. The first-order valence-electron chi connectivity index (χ1n) is 7.36. The largest absolute Gasteiger partial charge is 0.374 e. The molecule has 0 heterocycles. The SMILES string of the molecule is CCC(C)OCc1ccccc1CCNC(C)(C)C. The lowest BCUT2D eigenvalue weighted by atomic mass is 10.0. The molecule has 0 saturated carbocycles. The molecule has 0 fully saturated rings. The molecular weight excluding hydrogens is 234 g/mol. The highest BCUT2D eigenvalue weighted by Crippen LogP contribution is 2.13. The quantitative estimate of drug-likeness (QED) is 0.804. The molecule has 0 amide bonds. The lowest BCUT2D eigenvalue weighted by Crippen LogP contribution is -2.37. The van der Waals surface area contributed by atoms with Crippen LogP contribution in [0.5, 0.6) is 0 Å². The third-order valence-electron chi connectivity index (χ3n) is 3.27. The van der Waals surface area contributed by atoms with Gasteiger partial charge >= 0.3 is 0 Å². The van der Waals surface area contributed by atoms with Gasteiger partial charge in [0, 0.05) is 5.54 Å². The summed E-state index contributed by atoms with van der Waals surface area (Å²) in [6.45, 7) is 12.6. The Morgan fingerprint density at radius 1 is 1.16 bits per heavy atom. The molecule has 108 valence electrons. The predicted octanol–water partition coefficient (Wildman–Crippen LogP) is 3.93. The fraction of sp³-hybridized carbons (Fsp3) is 0.647. The fourth-order valence-electron chi connectivity index (χ4n) is 1.86. The van der Waals surface area contributed by atoms with E-state index in [4.69, 9.17) is 4.74 Å². The summed E-state index contributed by atoms with van der Waals surface area (Å²) < 4.78 is 5.84. The highest BCUT2D eigenvalue weighted by atomic mass is 16.5. The van der Waals surface area contributed by atoms with Gasteiger partial charge in [0.1, 0.15) is 0 Å². The Morgan fingerprint density at radius 3 is 2.37 bits per heavy atom. The third kappa shape index (κ3) is 6.74. The minimum atomic E-state index is 0.183. The predicted molar refractivity (Wildman–Crippen MR) is 82.4 cm³/mol. The van der Waals surface area contributed by atoms with E-state index < -0.39 is 0 Å². The first-order valence-corrected chi connectivity index (χ1v) is 7.36. The van der Waals surface area contributed by atoms with Crippen molar-refractivity contribution in [3.63, 3.8) is 0 Å². The highest BCUT2D eigenvalue weighted by molar-refractivity contribution is 5.26. The van der Waals surface area contributed by atoms with Crippen molar-refractivity contribution < 1.29 is 4.74 Å². The van der Waals surface area contributed by atoms with Gasteiger partial charge in [0.15, 0.2) is 0 Å². The molecule has 1 rings (SSSR count). The molecule has 0 aliphatic rings. The van der Waals surface area contributed by atoms with Crippen molar-refractivity contribution in [2.24, 2.45) is 0 Å². The van der Waals surface area contributed by atoms with Crippen molar-refractivity contribution >= 4 is 0 Å². The summed E-state index contributed by atoms with van der Waals surface area (Å²) in [5, 5.41) is 3.53. The second kappa shape index (κ2) is 7.66. The normalized spacial score (nSPS) is 13.5. The molecule has 0 aromatic heterocycles. The molecule has 1 unspecified atom stereocenters. The van der Waals surface area contributed by atoms with Gasteiger partial charge in [0.05, 0.1) is 12.7 Å². The molecule has 0 aliphatic carbocycles. The van der Waals surface area contributed by atoms with E-state index in [1.54, 1.807) is 0 Å². The lowest BCUT2D eigenvalue weighted by molar-refractivity contribution is 0.0504. The molecule has 1 N–H and O–H groups in total. The Kier molecular flexibility index (Phi) is 6.53. The summed E-state index contributed by atoms with van der Waals surface area (Å²) in [4.78, 5) is 0. The van der Waals surface area contributed by atoms with E-state index in [0.717, 1.165) is 26.0 Å². The van der Waals surface area contributed by atoms with Crippen LogP contribution in [0.3, 0.4) is 0 Å². The van der Waals surface area contributed by atoms with Crippen LogP contribution in [-0.2, 0) is 17.8 Å². The molecule has 2 nitrogen and oxygen atoms in total. The minimum Gasteiger partial charge on any atom is -0.374 e.